The van der Waals surface area contributed by atoms with Crippen molar-refractivity contribution in [2.45, 2.75) is 69.0 Å². The van der Waals surface area contributed by atoms with Crippen LogP contribution in [0.25, 0.3) is 32.8 Å². The molecule has 0 spiro atoms. The fourth-order valence-corrected chi connectivity index (χ4v) is 8.31. The smallest absolute Gasteiger partial charge is 0.319 e. The molecule has 236 valence electrons. The van der Waals surface area contributed by atoms with Gasteiger partial charge in [0.1, 0.15) is 35.7 Å². The van der Waals surface area contributed by atoms with E-state index in [-0.39, 0.29) is 42.0 Å². The highest BCUT2D eigenvalue weighted by molar-refractivity contribution is 6.03. The Balaban J connectivity index is 1.28. The van der Waals surface area contributed by atoms with E-state index >= 15 is 8.78 Å². The molecule has 5 heterocycles. The van der Waals surface area contributed by atoms with Crippen molar-refractivity contribution < 1.29 is 27.4 Å². The number of nitrogens with zero attached hydrogens (tertiary/aromatic N) is 4. The number of alkyl halides is 2. The zero-order chi connectivity index (χ0) is 31.1. The minimum absolute atomic E-state index is 0.0206. The van der Waals surface area contributed by atoms with Crippen LogP contribution in [-0.2, 0) is 6.42 Å². The van der Waals surface area contributed by atoms with Gasteiger partial charge in [0.25, 0.3) is 0 Å². The van der Waals surface area contributed by atoms with Crippen LogP contribution in [-0.4, -0.2) is 76.3 Å². The molecule has 2 bridgehead atoms. The summed E-state index contributed by atoms with van der Waals surface area (Å²) in [4.78, 5) is 13.2. The number of aryl methyl sites for hydroxylation is 1. The van der Waals surface area contributed by atoms with E-state index in [1.54, 1.807) is 18.2 Å². The normalized spacial score (nSPS) is 28.0. The van der Waals surface area contributed by atoms with Gasteiger partial charge in [0.05, 0.1) is 12.1 Å². The fourth-order valence-electron chi connectivity index (χ4n) is 8.31. The Bertz CT molecular complexity index is 1840. The molecule has 0 radical (unpaired) electrons. The van der Waals surface area contributed by atoms with E-state index < -0.39 is 29.1 Å². The number of phenols is 1. The molecule has 3 aromatic carbocycles. The summed E-state index contributed by atoms with van der Waals surface area (Å²) < 4.78 is 68.0. The van der Waals surface area contributed by atoms with E-state index in [0.717, 1.165) is 19.4 Å². The molecule has 4 aromatic rings. The lowest BCUT2D eigenvalue weighted by Crippen LogP contribution is -2.57. The number of fused-ring (bicyclic) bond motifs is 5. The Kier molecular flexibility index (Phi) is 6.66. The number of ether oxygens (including phenoxy) is 1. The van der Waals surface area contributed by atoms with Crippen molar-refractivity contribution in [3.8, 4) is 22.9 Å². The first-order valence-electron chi connectivity index (χ1n) is 15.8. The van der Waals surface area contributed by atoms with E-state index in [0.29, 0.717) is 71.9 Å². The molecule has 4 aliphatic heterocycles. The average molecular weight is 622 g/mol. The molecule has 0 amide bonds. The van der Waals surface area contributed by atoms with Gasteiger partial charge in [-0.15, -0.1) is 0 Å². The van der Waals surface area contributed by atoms with Gasteiger partial charge in [-0.05, 0) is 84.8 Å². The number of benzene rings is 3. The van der Waals surface area contributed by atoms with Crippen LogP contribution in [0.3, 0.4) is 0 Å². The summed E-state index contributed by atoms with van der Waals surface area (Å²) in [6, 6.07) is 9.04. The molecule has 4 aliphatic rings. The number of aromatic nitrogens is 2. The van der Waals surface area contributed by atoms with Crippen molar-refractivity contribution in [3.63, 3.8) is 0 Å². The first-order valence-corrected chi connectivity index (χ1v) is 15.8. The van der Waals surface area contributed by atoms with E-state index in [2.05, 4.69) is 15.2 Å². The molecule has 2 N–H and O–H groups in total. The minimum Gasteiger partial charge on any atom is -0.508 e. The lowest BCUT2D eigenvalue weighted by atomic mass is 9.92. The number of phenolic OH excluding ortho intramolecular Hbond substituents is 1. The number of nitrogens with one attached hydrogen (secondary N) is 1. The monoisotopic (exact) mass is 621 g/mol. The highest BCUT2D eigenvalue weighted by atomic mass is 19.2. The largest absolute Gasteiger partial charge is 0.508 e. The highest BCUT2D eigenvalue weighted by Crippen LogP contribution is 2.43. The van der Waals surface area contributed by atoms with Gasteiger partial charge >= 0.3 is 6.01 Å². The summed E-state index contributed by atoms with van der Waals surface area (Å²) in [5, 5.41) is 15.1. The van der Waals surface area contributed by atoms with Crippen molar-refractivity contribution in [1.29, 1.82) is 0 Å². The first kappa shape index (κ1) is 28.8. The third-order valence-electron chi connectivity index (χ3n) is 10.3. The summed E-state index contributed by atoms with van der Waals surface area (Å²) in [7, 11) is 0. The van der Waals surface area contributed by atoms with Gasteiger partial charge in [-0.25, -0.2) is 17.6 Å². The molecule has 4 saturated heterocycles. The van der Waals surface area contributed by atoms with Gasteiger partial charge in [-0.1, -0.05) is 19.1 Å². The Morgan fingerprint density at radius 1 is 1.09 bits per heavy atom. The van der Waals surface area contributed by atoms with Gasteiger partial charge in [-0.2, -0.15) is 9.97 Å². The summed E-state index contributed by atoms with van der Waals surface area (Å²) in [6.45, 7) is 3.67. The molecule has 11 heteroatoms. The molecule has 45 heavy (non-hydrogen) atoms. The molecule has 0 aliphatic carbocycles. The second-order valence-corrected chi connectivity index (χ2v) is 13.2. The van der Waals surface area contributed by atoms with E-state index in [1.165, 1.54) is 18.2 Å². The maximum Gasteiger partial charge on any atom is 0.319 e. The number of aromatic hydroxyl groups is 1. The number of hydrogen-bond donors (Lipinski definition) is 2. The maximum atomic E-state index is 16.8. The van der Waals surface area contributed by atoms with Crippen LogP contribution < -0.4 is 15.0 Å². The second kappa shape index (κ2) is 10.4. The highest BCUT2D eigenvalue weighted by Gasteiger charge is 2.50. The van der Waals surface area contributed by atoms with Gasteiger partial charge in [-0.3, -0.25) is 10.2 Å². The van der Waals surface area contributed by atoms with Crippen LogP contribution >= 0.6 is 0 Å². The van der Waals surface area contributed by atoms with Gasteiger partial charge in [0, 0.05) is 36.5 Å². The first-order chi connectivity index (χ1) is 21.6. The number of hydrogen-bond acceptors (Lipinski definition) is 7. The predicted octanol–water partition coefficient (Wildman–Crippen LogP) is 6.19. The molecule has 1 aromatic heterocycles. The SMILES string of the molecule is CCc1c(F)ccc2cc(O)cc(-c3ccc4c(N5C[C@@H]6CC[C@](F)(C5)N6)nc(OC[C@@]56CCCN5C[C@H](F)C6)nc4c3F)c12. The second-order valence-electron chi connectivity index (χ2n) is 13.2. The van der Waals surface area contributed by atoms with Gasteiger partial charge in [0.2, 0.25) is 0 Å². The number of rotatable bonds is 6. The quantitative estimate of drug-likeness (QED) is 0.197. The number of piperazine rings is 1. The van der Waals surface area contributed by atoms with Crippen LogP contribution in [0.15, 0.2) is 36.4 Å². The van der Waals surface area contributed by atoms with Crippen molar-refractivity contribution >= 4 is 27.5 Å². The van der Waals surface area contributed by atoms with Crippen LogP contribution in [0.5, 0.6) is 11.8 Å². The molecule has 4 atom stereocenters. The molecule has 7 nitrogen and oxygen atoms in total. The zero-order valence-corrected chi connectivity index (χ0v) is 25.1. The lowest BCUT2D eigenvalue weighted by Gasteiger charge is -2.37. The summed E-state index contributed by atoms with van der Waals surface area (Å²) in [5.74, 6) is -2.38. The predicted molar refractivity (Wildman–Crippen MR) is 164 cm³/mol. The van der Waals surface area contributed by atoms with Crippen molar-refractivity contribution in [2.75, 3.05) is 37.7 Å². The Hall–Kier alpha value is -3.70. The molecular weight excluding hydrogens is 586 g/mol. The molecular formula is C34H35F4N5O2. The Morgan fingerprint density at radius 2 is 1.96 bits per heavy atom. The Morgan fingerprint density at radius 3 is 2.78 bits per heavy atom. The standard InChI is InChI=1S/C34H35F4N5O2/c1-2-23-27(36)7-4-19-12-22(44)13-26(28(19)23)24-5-6-25-30(29(24)37)39-32(45-18-33-9-3-11-43(33)15-20(35)14-33)40-31(25)42-16-21-8-10-34(38,17-42)41-21/h4-7,12-13,20-21,41,44H,2-3,8-11,14-18H2,1H3/t20-,21+,33+,34-/m1/s1. The molecule has 0 saturated carbocycles. The molecule has 8 rings (SSSR count). The van der Waals surface area contributed by atoms with Crippen LogP contribution in [0, 0.1) is 11.6 Å². The summed E-state index contributed by atoms with van der Waals surface area (Å²) >= 11 is 0. The number of halogens is 4. The van der Waals surface area contributed by atoms with E-state index in [9.17, 15) is 13.9 Å². The van der Waals surface area contributed by atoms with Gasteiger partial charge < -0.3 is 14.7 Å². The van der Waals surface area contributed by atoms with Gasteiger partial charge in [0.15, 0.2) is 11.6 Å². The van der Waals surface area contributed by atoms with Crippen LogP contribution in [0.2, 0.25) is 0 Å². The fraction of sp³-hybridized carbons (Fsp3) is 0.471. The van der Waals surface area contributed by atoms with Crippen molar-refractivity contribution in [2.24, 2.45) is 0 Å². The maximum absolute atomic E-state index is 16.8. The number of anilines is 1. The Labute approximate surface area is 258 Å². The third kappa shape index (κ3) is 4.69. The topological polar surface area (TPSA) is 73.8 Å². The van der Waals surface area contributed by atoms with Crippen molar-refractivity contribution in [3.05, 3.63) is 53.6 Å². The summed E-state index contributed by atoms with van der Waals surface area (Å²) in [5.41, 5.74) is 0.413. The summed E-state index contributed by atoms with van der Waals surface area (Å²) in [6.07, 6.45) is 2.58. The third-order valence-corrected chi connectivity index (χ3v) is 10.3. The van der Waals surface area contributed by atoms with Crippen LogP contribution in [0.4, 0.5) is 23.4 Å². The van der Waals surface area contributed by atoms with E-state index in [4.69, 9.17) is 9.72 Å². The lowest BCUT2D eigenvalue weighted by molar-refractivity contribution is 0.107. The zero-order valence-electron chi connectivity index (χ0n) is 25.1. The molecule has 0 unspecified atom stereocenters. The van der Waals surface area contributed by atoms with E-state index in [1.807, 2.05) is 11.8 Å². The van der Waals surface area contributed by atoms with Crippen molar-refractivity contribution in [1.82, 2.24) is 20.2 Å². The average Bonchev–Trinajstić information content (AvgIpc) is 3.63. The minimum atomic E-state index is -1.58. The molecule has 4 fully saturated rings. The van der Waals surface area contributed by atoms with Crippen LogP contribution in [0.1, 0.15) is 44.6 Å².